The topological polar surface area (TPSA) is 84.7 Å². The summed E-state index contributed by atoms with van der Waals surface area (Å²) in [5, 5.41) is 3.10. The van der Waals surface area contributed by atoms with E-state index in [0.29, 0.717) is 6.04 Å². The minimum absolute atomic E-state index is 0.0627. The molecule has 6 nitrogen and oxygen atoms in total. The van der Waals surface area contributed by atoms with E-state index in [-0.39, 0.29) is 31.1 Å². The Bertz CT molecular complexity index is 587. The van der Waals surface area contributed by atoms with Gasteiger partial charge in [0.25, 0.3) is 0 Å². The van der Waals surface area contributed by atoms with Crippen LogP contribution < -0.4 is 11.1 Å². The first-order valence-electron chi connectivity index (χ1n) is 9.08. The van der Waals surface area contributed by atoms with Crippen molar-refractivity contribution in [3.63, 3.8) is 0 Å². The van der Waals surface area contributed by atoms with Gasteiger partial charge in [0.1, 0.15) is 13.2 Å². The summed E-state index contributed by atoms with van der Waals surface area (Å²) in [5.41, 5.74) is 6.28. The Morgan fingerprint density at radius 3 is 2.52 bits per heavy atom. The summed E-state index contributed by atoms with van der Waals surface area (Å²) in [6.45, 7) is 1.48. The van der Waals surface area contributed by atoms with Gasteiger partial charge in [0, 0.05) is 31.1 Å². The Morgan fingerprint density at radius 2 is 1.84 bits per heavy atom. The fourth-order valence-corrected chi connectivity index (χ4v) is 4.08. The Balaban J connectivity index is 1.63. The second kappa shape index (κ2) is 8.45. The summed E-state index contributed by atoms with van der Waals surface area (Å²) >= 11 is 0. The molecule has 1 aromatic carbocycles. The van der Waals surface area contributed by atoms with Crippen molar-refractivity contribution in [2.45, 2.75) is 43.7 Å². The van der Waals surface area contributed by atoms with Crippen molar-refractivity contribution in [1.29, 1.82) is 0 Å². The van der Waals surface area contributed by atoms with E-state index in [1.807, 2.05) is 18.2 Å². The normalized spacial score (nSPS) is 24.5. The first-order chi connectivity index (χ1) is 12.1. The molecule has 0 spiro atoms. The second-order valence-corrected chi connectivity index (χ2v) is 7.04. The number of hydrogen-bond acceptors (Lipinski definition) is 4. The third-order valence-electron chi connectivity index (χ3n) is 5.24. The van der Waals surface area contributed by atoms with Crippen LogP contribution in [0.5, 0.6) is 0 Å². The van der Waals surface area contributed by atoms with Crippen molar-refractivity contribution < 1.29 is 14.3 Å². The van der Waals surface area contributed by atoms with Crippen LogP contribution in [0.2, 0.25) is 0 Å². The quantitative estimate of drug-likeness (QED) is 0.773. The number of likely N-dealkylation sites (tertiary alicyclic amines) is 1. The summed E-state index contributed by atoms with van der Waals surface area (Å²) in [4.78, 5) is 25.4. The molecule has 1 saturated heterocycles. The Hall–Kier alpha value is -1.92. The maximum Gasteiger partial charge on any atom is 0.246 e. The third kappa shape index (κ3) is 4.80. The van der Waals surface area contributed by atoms with Crippen LogP contribution >= 0.6 is 0 Å². The van der Waals surface area contributed by atoms with Crippen molar-refractivity contribution in [3.8, 4) is 0 Å². The predicted octanol–water partition coefficient (Wildman–Crippen LogP) is 1.02. The van der Waals surface area contributed by atoms with Gasteiger partial charge >= 0.3 is 0 Å². The molecule has 2 amide bonds. The lowest BCUT2D eigenvalue weighted by molar-refractivity contribution is -0.129. The number of ether oxygens (including phenoxy) is 1. The largest absolute Gasteiger partial charge is 0.368 e. The summed E-state index contributed by atoms with van der Waals surface area (Å²) in [7, 11) is 0. The summed E-state index contributed by atoms with van der Waals surface area (Å²) < 4.78 is 5.03. The van der Waals surface area contributed by atoms with Crippen molar-refractivity contribution >= 4 is 11.8 Å². The molecule has 25 heavy (non-hydrogen) atoms. The maximum absolute atomic E-state index is 12.2. The molecule has 0 bridgehead atoms. The van der Waals surface area contributed by atoms with Gasteiger partial charge < -0.3 is 15.8 Å². The average molecular weight is 345 g/mol. The first kappa shape index (κ1) is 17.9. The molecule has 6 heteroatoms. The Kier molecular flexibility index (Phi) is 6.04. The first-order valence-corrected chi connectivity index (χ1v) is 9.08. The highest BCUT2D eigenvalue weighted by Gasteiger charge is 2.38. The maximum atomic E-state index is 12.2. The molecule has 3 rings (SSSR count). The fourth-order valence-electron chi connectivity index (χ4n) is 4.08. The molecule has 1 aliphatic carbocycles. The summed E-state index contributed by atoms with van der Waals surface area (Å²) in [6.07, 6.45) is 5.11. The van der Waals surface area contributed by atoms with Gasteiger partial charge in [0.15, 0.2) is 0 Å². The van der Waals surface area contributed by atoms with Gasteiger partial charge in [-0.2, -0.15) is 0 Å². The van der Waals surface area contributed by atoms with E-state index in [0.717, 1.165) is 13.1 Å². The van der Waals surface area contributed by atoms with Crippen LogP contribution in [0.25, 0.3) is 0 Å². The lowest BCUT2D eigenvalue weighted by Gasteiger charge is -2.23. The zero-order chi connectivity index (χ0) is 17.6. The van der Waals surface area contributed by atoms with Gasteiger partial charge in [-0.1, -0.05) is 43.2 Å². The Labute approximate surface area is 148 Å². The fraction of sp³-hybridized carbons (Fsp3) is 0.579. The van der Waals surface area contributed by atoms with E-state index < -0.39 is 5.91 Å². The molecule has 3 N–H and O–H groups in total. The molecule has 1 aromatic rings. The highest BCUT2D eigenvalue weighted by Crippen LogP contribution is 2.33. The van der Waals surface area contributed by atoms with Crippen LogP contribution in [0.1, 0.15) is 37.2 Å². The molecule has 2 atom stereocenters. The van der Waals surface area contributed by atoms with Gasteiger partial charge in [0.05, 0.1) is 0 Å². The molecule has 1 heterocycles. The monoisotopic (exact) mass is 345 g/mol. The highest BCUT2D eigenvalue weighted by atomic mass is 16.5. The molecule has 1 saturated carbocycles. The van der Waals surface area contributed by atoms with E-state index in [9.17, 15) is 9.59 Å². The molecule has 2 aliphatic rings. The molecule has 136 valence electrons. The van der Waals surface area contributed by atoms with Gasteiger partial charge in [-0.15, -0.1) is 0 Å². The number of benzene rings is 1. The second-order valence-electron chi connectivity index (χ2n) is 7.04. The number of nitrogens with zero attached hydrogens (tertiary/aromatic N) is 1. The van der Waals surface area contributed by atoms with Gasteiger partial charge in [-0.25, -0.2) is 0 Å². The average Bonchev–Trinajstić information content (AvgIpc) is 3.24. The van der Waals surface area contributed by atoms with Crippen molar-refractivity contribution in [3.05, 3.63) is 35.9 Å². The minimum Gasteiger partial charge on any atom is -0.368 e. The number of carbonyl (C=O) groups is 2. The molecule has 2 fully saturated rings. The van der Waals surface area contributed by atoms with Crippen LogP contribution in [-0.2, 0) is 14.3 Å². The molecule has 0 unspecified atom stereocenters. The van der Waals surface area contributed by atoms with E-state index in [4.69, 9.17) is 10.5 Å². The van der Waals surface area contributed by atoms with Crippen LogP contribution in [0.3, 0.4) is 0 Å². The molecule has 0 aromatic heterocycles. The predicted molar refractivity (Wildman–Crippen MR) is 95.0 cm³/mol. The SMILES string of the molecule is NC(=O)COCC(=O)N[C@H]1CN(C2CCCC2)C[C@@H]1c1ccccc1. The van der Waals surface area contributed by atoms with Crippen molar-refractivity contribution in [1.82, 2.24) is 10.2 Å². The van der Waals surface area contributed by atoms with Crippen molar-refractivity contribution in [2.24, 2.45) is 5.73 Å². The van der Waals surface area contributed by atoms with Gasteiger partial charge in [0.2, 0.25) is 11.8 Å². The van der Waals surface area contributed by atoms with Gasteiger partial charge in [-0.3, -0.25) is 14.5 Å². The Morgan fingerprint density at radius 1 is 1.12 bits per heavy atom. The summed E-state index contributed by atoms with van der Waals surface area (Å²) in [5.74, 6) is -0.481. The third-order valence-corrected chi connectivity index (χ3v) is 5.24. The number of rotatable bonds is 7. The van der Waals surface area contributed by atoms with E-state index in [1.165, 1.54) is 31.2 Å². The smallest absolute Gasteiger partial charge is 0.246 e. The van der Waals surface area contributed by atoms with Crippen LogP contribution in [0, 0.1) is 0 Å². The van der Waals surface area contributed by atoms with E-state index >= 15 is 0 Å². The highest BCUT2D eigenvalue weighted by molar-refractivity contribution is 5.79. The van der Waals surface area contributed by atoms with Crippen LogP contribution in [0.4, 0.5) is 0 Å². The van der Waals surface area contributed by atoms with Crippen LogP contribution in [0.15, 0.2) is 30.3 Å². The molecular weight excluding hydrogens is 318 g/mol. The lowest BCUT2D eigenvalue weighted by Crippen LogP contribution is -2.42. The number of carbonyl (C=O) groups excluding carboxylic acids is 2. The number of amides is 2. The molecule has 1 aliphatic heterocycles. The number of nitrogens with one attached hydrogen (secondary N) is 1. The summed E-state index contributed by atoms with van der Waals surface area (Å²) in [6, 6.07) is 11.1. The van der Waals surface area contributed by atoms with E-state index in [2.05, 4.69) is 22.3 Å². The number of nitrogens with two attached hydrogens (primary N) is 1. The zero-order valence-corrected chi connectivity index (χ0v) is 14.5. The minimum atomic E-state index is -0.566. The van der Waals surface area contributed by atoms with E-state index in [1.54, 1.807) is 0 Å². The molecular formula is C19H27N3O3. The lowest BCUT2D eigenvalue weighted by atomic mass is 9.94. The number of primary amides is 1. The zero-order valence-electron chi connectivity index (χ0n) is 14.5. The van der Waals surface area contributed by atoms with Gasteiger partial charge in [-0.05, 0) is 18.4 Å². The van der Waals surface area contributed by atoms with Crippen molar-refractivity contribution in [2.75, 3.05) is 26.3 Å². The van der Waals surface area contributed by atoms with Crippen LogP contribution in [-0.4, -0.2) is 55.1 Å². The standard InChI is InChI=1S/C19H27N3O3/c20-18(23)12-25-13-19(24)21-17-11-22(15-8-4-5-9-15)10-16(17)14-6-2-1-3-7-14/h1-3,6-7,15-17H,4-5,8-13H2,(H2,20,23)(H,21,24)/t16-,17+/m1/s1. The molecule has 0 radical (unpaired) electrons. The number of hydrogen-bond donors (Lipinski definition) is 2.